The van der Waals surface area contributed by atoms with E-state index in [1.807, 2.05) is 0 Å². The van der Waals surface area contributed by atoms with E-state index in [0.29, 0.717) is 4.73 Å². The molecule has 0 aliphatic rings. The van der Waals surface area contributed by atoms with Gasteiger partial charge in [-0.2, -0.15) is 4.89 Å². The first-order valence-corrected chi connectivity index (χ1v) is 4.00. The highest BCUT2D eigenvalue weighted by atomic mass is 17.3. The van der Waals surface area contributed by atoms with E-state index in [2.05, 4.69) is 9.88 Å². The quantitative estimate of drug-likeness (QED) is 0.405. The molecule has 1 aromatic heterocycles. The van der Waals surface area contributed by atoms with Gasteiger partial charge in [-0.1, -0.05) is 4.73 Å². The van der Waals surface area contributed by atoms with Gasteiger partial charge < -0.3 is 10.2 Å². The molecule has 14 heavy (non-hydrogen) atoms. The molecular formula is C8H11NO5. The summed E-state index contributed by atoms with van der Waals surface area (Å²) in [5.41, 5.74) is 0. The topological polar surface area (TPSA) is 80.9 Å². The number of carbonyl (C=O) groups excluding carboxylic acids is 1. The number of ketones is 1. The number of nitrogens with zero attached hydrogens (tertiary/aromatic N) is 1. The van der Waals surface area contributed by atoms with Gasteiger partial charge in [0.1, 0.15) is 12.4 Å². The summed E-state index contributed by atoms with van der Waals surface area (Å²) in [5.74, 6) is -0.606. The SMILES string of the molecule is CC(=O)CCOOn1c(O)ccc1O. The molecule has 0 saturated heterocycles. The van der Waals surface area contributed by atoms with Gasteiger partial charge in [-0.3, -0.25) is 4.79 Å². The summed E-state index contributed by atoms with van der Waals surface area (Å²) < 4.78 is 0.695. The van der Waals surface area contributed by atoms with Gasteiger partial charge >= 0.3 is 0 Å². The summed E-state index contributed by atoms with van der Waals surface area (Å²) in [5, 5.41) is 18.1. The van der Waals surface area contributed by atoms with Crippen molar-refractivity contribution in [1.29, 1.82) is 0 Å². The van der Waals surface area contributed by atoms with Gasteiger partial charge in [-0.05, 0) is 6.92 Å². The summed E-state index contributed by atoms with van der Waals surface area (Å²) in [4.78, 5) is 19.6. The third kappa shape index (κ3) is 2.67. The molecule has 0 aromatic carbocycles. The van der Waals surface area contributed by atoms with Crippen molar-refractivity contribution in [1.82, 2.24) is 4.73 Å². The van der Waals surface area contributed by atoms with Gasteiger partial charge in [0.25, 0.3) is 0 Å². The molecule has 1 heterocycles. The van der Waals surface area contributed by atoms with E-state index in [4.69, 9.17) is 10.2 Å². The smallest absolute Gasteiger partial charge is 0.233 e. The van der Waals surface area contributed by atoms with Crippen LogP contribution in [0.15, 0.2) is 12.1 Å². The summed E-state index contributed by atoms with van der Waals surface area (Å²) in [6, 6.07) is 2.48. The minimum atomic E-state index is -0.287. The zero-order valence-corrected chi connectivity index (χ0v) is 7.64. The highest BCUT2D eigenvalue weighted by molar-refractivity contribution is 5.75. The average Bonchev–Trinajstić information content (AvgIpc) is 2.42. The van der Waals surface area contributed by atoms with Crippen molar-refractivity contribution in [3.63, 3.8) is 0 Å². The molecule has 0 fully saturated rings. The second-order valence-corrected chi connectivity index (χ2v) is 2.69. The van der Waals surface area contributed by atoms with Crippen LogP contribution >= 0.6 is 0 Å². The van der Waals surface area contributed by atoms with E-state index < -0.39 is 0 Å². The summed E-state index contributed by atoms with van der Waals surface area (Å²) in [7, 11) is 0. The Hall–Kier alpha value is -1.69. The molecule has 2 N–H and O–H groups in total. The van der Waals surface area contributed by atoms with Crippen LogP contribution < -0.4 is 4.99 Å². The maximum atomic E-state index is 10.5. The van der Waals surface area contributed by atoms with Gasteiger partial charge in [-0.15, -0.1) is 0 Å². The molecule has 78 valence electrons. The van der Waals surface area contributed by atoms with E-state index in [-0.39, 0.29) is 30.6 Å². The van der Waals surface area contributed by atoms with Gasteiger partial charge in [0.05, 0.1) is 0 Å². The number of hydrogen-bond acceptors (Lipinski definition) is 5. The van der Waals surface area contributed by atoms with Gasteiger partial charge in [0.2, 0.25) is 11.8 Å². The largest absolute Gasteiger partial charge is 0.492 e. The zero-order chi connectivity index (χ0) is 10.6. The van der Waals surface area contributed by atoms with Crippen molar-refractivity contribution < 1.29 is 24.9 Å². The number of aromatic nitrogens is 1. The zero-order valence-electron chi connectivity index (χ0n) is 7.64. The first-order chi connectivity index (χ1) is 6.61. The van der Waals surface area contributed by atoms with Crippen LogP contribution in [-0.2, 0) is 9.68 Å². The Morgan fingerprint density at radius 1 is 1.43 bits per heavy atom. The second kappa shape index (κ2) is 4.52. The van der Waals surface area contributed by atoms with Crippen molar-refractivity contribution >= 4 is 5.78 Å². The molecule has 0 spiro atoms. The predicted molar refractivity (Wildman–Crippen MR) is 45.6 cm³/mol. The van der Waals surface area contributed by atoms with Crippen molar-refractivity contribution in [2.24, 2.45) is 0 Å². The Balaban J connectivity index is 2.34. The van der Waals surface area contributed by atoms with E-state index in [1.54, 1.807) is 0 Å². The van der Waals surface area contributed by atoms with E-state index in [9.17, 15) is 4.79 Å². The molecule has 1 aromatic rings. The molecule has 0 aliphatic carbocycles. The Bertz CT molecular complexity index is 300. The fraction of sp³-hybridized carbons (Fsp3) is 0.375. The van der Waals surface area contributed by atoms with Crippen molar-refractivity contribution in [2.75, 3.05) is 6.61 Å². The van der Waals surface area contributed by atoms with E-state index in [0.717, 1.165) is 0 Å². The van der Waals surface area contributed by atoms with Crippen molar-refractivity contribution in [3.8, 4) is 11.8 Å². The fourth-order valence-electron chi connectivity index (χ4n) is 0.754. The van der Waals surface area contributed by atoms with E-state index >= 15 is 0 Å². The fourth-order valence-corrected chi connectivity index (χ4v) is 0.754. The molecule has 0 saturated carbocycles. The molecule has 6 heteroatoms. The Labute approximate surface area is 80.2 Å². The third-order valence-electron chi connectivity index (χ3n) is 1.46. The molecule has 1 rings (SSSR count). The van der Waals surface area contributed by atoms with E-state index in [1.165, 1.54) is 19.1 Å². The monoisotopic (exact) mass is 201 g/mol. The molecule has 0 amide bonds. The predicted octanol–water partition coefficient (Wildman–Crippen LogP) is 0.239. The molecule has 0 aliphatic heterocycles. The van der Waals surface area contributed by atoms with Crippen LogP contribution in [-0.4, -0.2) is 27.3 Å². The Morgan fingerprint density at radius 2 is 2.00 bits per heavy atom. The highest BCUT2D eigenvalue weighted by Gasteiger charge is 2.07. The number of Topliss-reactive ketones (excluding diaryl/α,β-unsaturated/α-hetero) is 1. The average molecular weight is 201 g/mol. The van der Waals surface area contributed by atoms with Crippen molar-refractivity contribution in [2.45, 2.75) is 13.3 Å². The standard InChI is InChI=1S/C8H11NO5/c1-6(10)4-5-13-14-9-7(11)2-3-8(9)12/h2-3,11-12H,4-5H2,1H3. The number of rotatable bonds is 5. The van der Waals surface area contributed by atoms with Crippen LogP contribution in [0.4, 0.5) is 0 Å². The molecule has 0 atom stereocenters. The lowest BCUT2D eigenvalue weighted by Crippen LogP contribution is -2.13. The highest BCUT2D eigenvalue weighted by Crippen LogP contribution is 2.18. The van der Waals surface area contributed by atoms with Gasteiger partial charge in [0, 0.05) is 18.6 Å². The Kier molecular flexibility index (Phi) is 3.35. The van der Waals surface area contributed by atoms with Crippen LogP contribution in [0.25, 0.3) is 0 Å². The number of carbonyl (C=O) groups is 1. The normalized spacial score (nSPS) is 10.1. The molecular weight excluding hydrogens is 190 g/mol. The van der Waals surface area contributed by atoms with Crippen molar-refractivity contribution in [3.05, 3.63) is 12.1 Å². The lowest BCUT2D eigenvalue weighted by atomic mass is 10.3. The van der Waals surface area contributed by atoms with Crippen LogP contribution in [0.1, 0.15) is 13.3 Å². The van der Waals surface area contributed by atoms with Gasteiger partial charge in [0.15, 0.2) is 0 Å². The first kappa shape index (κ1) is 10.4. The van der Waals surface area contributed by atoms with Gasteiger partial charge in [-0.25, -0.2) is 4.99 Å². The molecule has 6 nitrogen and oxygen atoms in total. The number of aromatic hydroxyl groups is 2. The maximum Gasteiger partial charge on any atom is 0.233 e. The number of hydrogen-bond donors (Lipinski definition) is 2. The first-order valence-electron chi connectivity index (χ1n) is 4.00. The lowest BCUT2D eigenvalue weighted by molar-refractivity contribution is -0.296. The van der Waals surface area contributed by atoms with Crippen LogP contribution in [0.3, 0.4) is 0 Å². The molecule has 0 unspecified atom stereocenters. The van der Waals surface area contributed by atoms with Crippen LogP contribution in [0.2, 0.25) is 0 Å². The summed E-state index contributed by atoms with van der Waals surface area (Å²) in [6.07, 6.45) is 0.211. The Morgan fingerprint density at radius 3 is 2.50 bits per heavy atom. The van der Waals surface area contributed by atoms with Crippen LogP contribution in [0, 0.1) is 0 Å². The second-order valence-electron chi connectivity index (χ2n) is 2.69. The van der Waals surface area contributed by atoms with Crippen LogP contribution in [0.5, 0.6) is 11.8 Å². The molecule has 0 radical (unpaired) electrons. The minimum Gasteiger partial charge on any atom is -0.492 e. The molecule has 0 bridgehead atoms. The lowest BCUT2D eigenvalue weighted by Gasteiger charge is -2.05. The minimum absolute atomic E-state index is 0.0328. The third-order valence-corrected chi connectivity index (χ3v) is 1.46. The maximum absolute atomic E-state index is 10.5. The summed E-state index contributed by atoms with van der Waals surface area (Å²) >= 11 is 0. The summed E-state index contributed by atoms with van der Waals surface area (Å²) in [6.45, 7) is 1.49.